The second kappa shape index (κ2) is 5.16. The van der Waals surface area contributed by atoms with Gasteiger partial charge in [-0.25, -0.2) is 0 Å². The Morgan fingerprint density at radius 3 is 2.42 bits per heavy atom. The number of nitrogens with zero attached hydrogens (tertiary/aromatic N) is 4. The maximum Gasteiger partial charge on any atom is 0.162 e. The van der Waals surface area contributed by atoms with Crippen molar-refractivity contribution in [1.29, 1.82) is 0 Å². The van der Waals surface area contributed by atoms with Crippen molar-refractivity contribution in [2.75, 3.05) is 0 Å². The maximum atomic E-state index is 5.25. The lowest BCUT2D eigenvalue weighted by Crippen LogP contribution is -2.04. The molecule has 19 heavy (non-hydrogen) atoms. The Morgan fingerprint density at radius 1 is 0.947 bits per heavy atom. The molecule has 0 atom stereocenters. The minimum absolute atomic E-state index is 0.496. The first kappa shape index (κ1) is 11.8. The summed E-state index contributed by atoms with van der Waals surface area (Å²) in [7, 11) is 0. The highest BCUT2D eigenvalue weighted by molar-refractivity contribution is 7.58. The minimum atomic E-state index is 0.496. The van der Waals surface area contributed by atoms with Gasteiger partial charge in [0, 0.05) is 29.7 Å². The fourth-order valence-corrected chi connectivity index (χ4v) is 2.10. The number of benzene rings is 1. The molecule has 5 heteroatoms. The van der Waals surface area contributed by atoms with E-state index in [9.17, 15) is 0 Å². The van der Waals surface area contributed by atoms with E-state index in [0.29, 0.717) is 11.7 Å². The first-order chi connectivity index (χ1) is 9.34. The molecule has 3 aromatic rings. The summed E-state index contributed by atoms with van der Waals surface area (Å²) in [6.45, 7) is 0.671. The molecule has 0 fully saturated rings. The number of rotatable bonds is 3. The lowest BCUT2D eigenvalue weighted by atomic mass is 10.2. The van der Waals surface area contributed by atoms with E-state index in [0.717, 1.165) is 11.4 Å². The fourth-order valence-electron chi connectivity index (χ4n) is 1.91. The van der Waals surface area contributed by atoms with Crippen molar-refractivity contribution < 1.29 is 0 Å². The molecular formula is C14H11N4S-. The highest BCUT2D eigenvalue weighted by Crippen LogP contribution is 2.18. The average molecular weight is 267 g/mol. The highest BCUT2D eigenvalue weighted by Gasteiger charge is 2.08. The van der Waals surface area contributed by atoms with E-state index in [1.54, 1.807) is 12.4 Å². The quantitative estimate of drug-likeness (QED) is 0.683. The number of aromatic nitrogens is 4. The lowest BCUT2D eigenvalue weighted by molar-refractivity contribution is 0.716. The predicted octanol–water partition coefficient (Wildman–Crippen LogP) is 2.29. The van der Waals surface area contributed by atoms with Crippen LogP contribution in [0, 0.1) is 0 Å². The summed E-state index contributed by atoms with van der Waals surface area (Å²) in [6, 6.07) is 13.9. The lowest BCUT2D eigenvalue weighted by Gasteiger charge is -2.13. The van der Waals surface area contributed by atoms with Crippen molar-refractivity contribution in [3.05, 3.63) is 60.4 Å². The maximum absolute atomic E-state index is 5.25. The van der Waals surface area contributed by atoms with Gasteiger partial charge in [0.05, 0.1) is 0 Å². The van der Waals surface area contributed by atoms with Gasteiger partial charge in [-0.1, -0.05) is 30.3 Å². The SMILES string of the molecule is [S-]c1nnc(-c2ccncc2)n1Cc1ccccc1. The Labute approximate surface area is 116 Å². The predicted molar refractivity (Wildman–Crippen MR) is 74.4 cm³/mol. The van der Waals surface area contributed by atoms with Gasteiger partial charge in [0.25, 0.3) is 0 Å². The van der Waals surface area contributed by atoms with E-state index in [2.05, 4.69) is 27.3 Å². The first-order valence-electron chi connectivity index (χ1n) is 5.89. The Bertz CT molecular complexity index is 664. The fraction of sp³-hybridized carbons (Fsp3) is 0.0714. The Morgan fingerprint density at radius 2 is 1.68 bits per heavy atom. The molecule has 0 aliphatic carbocycles. The van der Waals surface area contributed by atoms with Gasteiger partial charge < -0.3 is 17.2 Å². The zero-order valence-corrected chi connectivity index (χ0v) is 10.9. The van der Waals surface area contributed by atoms with Crippen LogP contribution in [0.4, 0.5) is 0 Å². The van der Waals surface area contributed by atoms with Crippen molar-refractivity contribution in [2.45, 2.75) is 11.7 Å². The van der Waals surface area contributed by atoms with Crippen LogP contribution in [0.1, 0.15) is 5.56 Å². The minimum Gasteiger partial charge on any atom is -0.740 e. The third kappa shape index (κ3) is 2.46. The zero-order valence-electron chi connectivity index (χ0n) is 10.1. The molecule has 3 rings (SSSR count). The molecule has 2 heterocycles. The molecular weight excluding hydrogens is 256 g/mol. The topological polar surface area (TPSA) is 43.6 Å². The van der Waals surface area contributed by atoms with Crippen molar-refractivity contribution in [3.63, 3.8) is 0 Å². The van der Waals surface area contributed by atoms with Gasteiger partial charge in [-0.3, -0.25) is 4.98 Å². The third-order valence-electron chi connectivity index (χ3n) is 2.84. The van der Waals surface area contributed by atoms with Gasteiger partial charge in [0.2, 0.25) is 0 Å². The van der Waals surface area contributed by atoms with Crippen LogP contribution in [0.15, 0.2) is 60.0 Å². The van der Waals surface area contributed by atoms with Crippen LogP contribution in [-0.2, 0) is 19.2 Å². The molecule has 0 spiro atoms. The summed E-state index contributed by atoms with van der Waals surface area (Å²) in [5, 5.41) is 8.66. The molecule has 0 radical (unpaired) electrons. The zero-order chi connectivity index (χ0) is 13.1. The molecule has 94 valence electrons. The summed E-state index contributed by atoms with van der Waals surface area (Å²) < 4.78 is 1.93. The molecule has 0 aliphatic rings. The van der Waals surface area contributed by atoms with Crippen molar-refractivity contribution in [2.24, 2.45) is 0 Å². The van der Waals surface area contributed by atoms with Gasteiger partial charge in [-0.05, 0) is 17.7 Å². The molecule has 0 bridgehead atoms. The van der Waals surface area contributed by atoms with E-state index in [4.69, 9.17) is 12.6 Å². The monoisotopic (exact) mass is 267 g/mol. The van der Waals surface area contributed by atoms with Gasteiger partial charge in [0.1, 0.15) is 0 Å². The smallest absolute Gasteiger partial charge is 0.162 e. The molecule has 0 saturated heterocycles. The largest absolute Gasteiger partial charge is 0.740 e. The molecule has 0 unspecified atom stereocenters. The molecule has 0 N–H and O–H groups in total. The second-order valence-electron chi connectivity index (χ2n) is 4.11. The van der Waals surface area contributed by atoms with Crippen LogP contribution in [0.25, 0.3) is 11.4 Å². The van der Waals surface area contributed by atoms with E-state index in [1.807, 2.05) is 34.9 Å². The normalized spacial score (nSPS) is 10.5. The van der Waals surface area contributed by atoms with E-state index >= 15 is 0 Å². The van der Waals surface area contributed by atoms with Crippen molar-refractivity contribution in [1.82, 2.24) is 19.7 Å². The van der Waals surface area contributed by atoms with E-state index in [1.165, 1.54) is 5.56 Å². The van der Waals surface area contributed by atoms with Gasteiger partial charge >= 0.3 is 0 Å². The summed E-state index contributed by atoms with van der Waals surface area (Å²) in [4.78, 5) is 4.01. The third-order valence-corrected chi connectivity index (χ3v) is 3.14. The van der Waals surface area contributed by atoms with E-state index in [-0.39, 0.29) is 0 Å². The van der Waals surface area contributed by atoms with Gasteiger partial charge in [-0.2, -0.15) is 5.10 Å². The van der Waals surface area contributed by atoms with Crippen LogP contribution in [-0.4, -0.2) is 19.7 Å². The van der Waals surface area contributed by atoms with Gasteiger partial charge in [0.15, 0.2) is 5.82 Å². The summed E-state index contributed by atoms with van der Waals surface area (Å²) in [5.74, 6) is 0.774. The Hall–Kier alpha value is -2.27. The summed E-state index contributed by atoms with van der Waals surface area (Å²) in [6.07, 6.45) is 3.47. The average Bonchev–Trinajstić information content (AvgIpc) is 2.82. The Balaban J connectivity index is 2.00. The highest BCUT2D eigenvalue weighted by atomic mass is 32.1. The van der Waals surface area contributed by atoms with Crippen LogP contribution in [0.3, 0.4) is 0 Å². The molecule has 4 nitrogen and oxygen atoms in total. The Kier molecular flexibility index (Phi) is 3.20. The summed E-state index contributed by atoms with van der Waals surface area (Å²) in [5.41, 5.74) is 2.14. The molecule has 0 saturated carbocycles. The van der Waals surface area contributed by atoms with Gasteiger partial charge in [-0.15, -0.1) is 5.10 Å². The molecule has 0 amide bonds. The number of hydrogen-bond acceptors (Lipinski definition) is 4. The standard InChI is InChI=1S/C14H12N4S/c19-14-17-16-13(12-6-8-15-9-7-12)18(14)10-11-4-2-1-3-5-11/h1-9H,10H2,(H,17,19)/p-1. The molecule has 1 aromatic carbocycles. The van der Waals surface area contributed by atoms with E-state index < -0.39 is 0 Å². The molecule has 2 aromatic heterocycles. The van der Waals surface area contributed by atoms with Crippen molar-refractivity contribution in [3.8, 4) is 11.4 Å². The van der Waals surface area contributed by atoms with Crippen LogP contribution in [0.5, 0.6) is 0 Å². The first-order valence-corrected chi connectivity index (χ1v) is 6.30. The number of hydrogen-bond donors (Lipinski definition) is 0. The summed E-state index contributed by atoms with van der Waals surface area (Å²) >= 11 is 5.25. The van der Waals surface area contributed by atoms with Crippen LogP contribution in [0.2, 0.25) is 0 Å². The molecule has 0 aliphatic heterocycles. The number of pyridine rings is 1. The van der Waals surface area contributed by atoms with Crippen molar-refractivity contribution >= 4 is 12.6 Å². The van der Waals surface area contributed by atoms with Crippen LogP contribution >= 0.6 is 0 Å². The van der Waals surface area contributed by atoms with Crippen LogP contribution < -0.4 is 0 Å². The second-order valence-corrected chi connectivity index (χ2v) is 4.48.